The molecular formula is C20H22N2O4S2. The summed E-state index contributed by atoms with van der Waals surface area (Å²) < 4.78 is 30.7. The van der Waals surface area contributed by atoms with Crippen molar-refractivity contribution < 1.29 is 17.6 Å². The van der Waals surface area contributed by atoms with Crippen LogP contribution in [0.1, 0.15) is 20.8 Å². The Bertz CT molecular complexity index is 993. The van der Waals surface area contributed by atoms with Crippen molar-refractivity contribution in [3.8, 4) is 0 Å². The van der Waals surface area contributed by atoms with Crippen molar-refractivity contribution >= 4 is 27.3 Å². The van der Waals surface area contributed by atoms with Crippen LogP contribution in [0.25, 0.3) is 0 Å². The molecule has 6 nitrogen and oxygen atoms in total. The topological polar surface area (TPSA) is 70.8 Å². The van der Waals surface area contributed by atoms with Crippen LogP contribution in [0.15, 0.2) is 69.7 Å². The number of hydrogen-bond acceptors (Lipinski definition) is 5. The Morgan fingerprint density at radius 3 is 2.43 bits per heavy atom. The summed E-state index contributed by atoms with van der Waals surface area (Å²) in [6, 6.07) is 11.9. The van der Waals surface area contributed by atoms with E-state index in [9.17, 15) is 13.2 Å². The predicted molar refractivity (Wildman–Crippen MR) is 109 cm³/mol. The molecule has 2 aromatic heterocycles. The van der Waals surface area contributed by atoms with Gasteiger partial charge in [-0.3, -0.25) is 4.79 Å². The molecule has 1 amide bonds. The molecule has 0 fully saturated rings. The lowest BCUT2D eigenvalue weighted by Gasteiger charge is -2.22. The van der Waals surface area contributed by atoms with Gasteiger partial charge in [-0.2, -0.15) is 0 Å². The SMILES string of the molecule is CN(C)S(=O)(=O)c1ccc(C(=O)N(CCc2cccs2)Cc2ccoc2)cc1. The second-order valence-corrected chi connectivity index (χ2v) is 9.68. The molecule has 0 aliphatic rings. The smallest absolute Gasteiger partial charge is 0.254 e. The highest BCUT2D eigenvalue weighted by molar-refractivity contribution is 7.89. The number of thiophene rings is 1. The number of rotatable bonds is 8. The van der Waals surface area contributed by atoms with Gasteiger partial charge in [0.15, 0.2) is 0 Å². The third-order valence-corrected chi connectivity index (χ3v) is 7.09. The van der Waals surface area contributed by atoms with Gasteiger partial charge in [-0.15, -0.1) is 11.3 Å². The fraction of sp³-hybridized carbons (Fsp3) is 0.250. The van der Waals surface area contributed by atoms with Crippen LogP contribution in [0.5, 0.6) is 0 Å². The first-order chi connectivity index (χ1) is 13.4. The number of carbonyl (C=O) groups excluding carboxylic acids is 1. The lowest BCUT2D eigenvalue weighted by Crippen LogP contribution is -2.32. The summed E-state index contributed by atoms with van der Waals surface area (Å²) in [7, 11) is -0.567. The molecule has 0 aliphatic heterocycles. The van der Waals surface area contributed by atoms with Crippen LogP contribution >= 0.6 is 11.3 Å². The minimum Gasteiger partial charge on any atom is -0.472 e. The molecular weight excluding hydrogens is 396 g/mol. The van der Waals surface area contributed by atoms with E-state index in [0.29, 0.717) is 18.7 Å². The first-order valence-corrected chi connectivity index (χ1v) is 11.1. The normalized spacial score (nSPS) is 11.7. The van der Waals surface area contributed by atoms with Gasteiger partial charge in [0.05, 0.1) is 17.4 Å². The number of hydrogen-bond donors (Lipinski definition) is 0. The monoisotopic (exact) mass is 418 g/mol. The molecule has 8 heteroatoms. The van der Waals surface area contributed by atoms with Crippen LogP contribution in [0.2, 0.25) is 0 Å². The summed E-state index contributed by atoms with van der Waals surface area (Å²) in [5.74, 6) is -0.147. The Hall–Kier alpha value is -2.42. The highest BCUT2D eigenvalue weighted by Gasteiger charge is 2.20. The van der Waals surface area contributed by atoms with Gasteiger partial charge in [0.1, 0.15) is 0 Å². The van der Waals surface area contributed by atoms with E-state index in [1.54, 1.807) is 40.9 Å². The number of nitrogens with zero attached hydrogens (tertiary/aromatic N) is 2. The number of benzene rings is 1. The maximum atomic E-state index is 13.1. The van der Waals surface area contributed by atoms with Crippen LogP contribution in [0.4, 0.5) is 0 Å². The van der Waals surface area contributed by atoms with Gasteiger partial charge in [0.2, 0.25) is 10.0 Å². The minimum absolute atomic E-state index is 0.147. The molecule has 0 saturated heterocycles. The lowest BCUT2D eigenvalue weighted by atomic mass is 10.1. The van der Waals surface area contributed by atoms with E-state index in [-0.39, 0.29) is 10.8 Å². The summed E-state index contributed by atoms with van der Waals surface area (Å²) in [6.07, 6.45) is 3.96. The first kappa shape index (κ1) is 20.3. The van der Waals surface area contributed by atoms with Crippen molar-refractivity contribution in [1.82, 2.24) is 9.21 Å². The van der Waals surface area contributed by atoms with Gasteiger partial charge in [0.25, 0.3) is 5.91 Å². The molecule has 2 heterocycles. The van der Waals surface area contributed by atoms with Crippen molar-refractivity contribution in [2.45, 2.75) is 17.9 Å². The van der Waals surface area contributed by atoms with Crippen molar-refractivity contribution in [2.75, 3.05) is 20.6 Å². The Morgan fingerprint density at radius 2 is 1.86 bits per heavy atom. The van der Waals surface area contributed by atoms with Gasteiger partial charge >= 0.3 is 0 Å². The van der Waals surface area contributed by atoms with Gasteiger partial charge < -0.3 is 9.32 Å². The third-order valence-electron chi connectivity index (χ3n) is 4.33. The molecule has 0 spiro atoms. The summed E-state index contributed by atoms with van der Waals surface area (Å²) >= 11 is 1.66. The third kappa shape index (κ3) is 4.70. The molecule has 148 valence electrons. The van der Waals surface area contributed by atoms with Crippen LogP contribution < -0.4 is 0 Å². The molecule has 0 aliphatic carbocycles. The Balaban J connectivity index is 1.79. The van der Waals surface area contributed by atoms with E-state index in [0.717, 1.165) is 16.3 Å². The van der Waals surface area contributed by atoms with Crippen molar-refractivity contribution in [3.05, 3.63) is 76.4 Å². The van der Waals surface area contributed by atoms with Gasteiger partial charge in [0, 0.05) is 43.2 Å². The highest BCUT2D eigenvalue weighted by Crippen LogP contribution is 2.18. The van der Waals surface area contributed by atoms with Crippen LogP contribution in [-0.4, -0.2) is 44.2 Å². The summed E-state index contributed by atoms with van der Waals surface area (Å²) in [5.41, 5.74) is 1.36. The quantitative estimate of drug-likeness (QED) is 0.562. The summed E-state index contributed by atoms with van der Waals surface area (Å²) in [5, 5.41) is 2.02. The van der Waals surface area contributed by atoms with Crippen LogP contribution in [0, 0.1) is 0 Å². The van der Waals surface area contributed by atoms with E-state index in [4.69, 9.17) is 4.42 Å². The number of amides is 1. The van der Waals surface area contributed by atoms with Crippen molar-refractivity contribution in [3.63, 3.8) is 0 Å². The Labute approximate surface area is 169 Å². The Kier molecular flexibility index (Phi) is 6.33. The zero-order valence-corrected chi connectivity index (χ0v) is 17.4. The maximum Gasteiger partial charge on any atom is 0.254 e. The van der Waals surface area contributed by atoms with Crippen LogP contribution in [0.3, 0.4) is 0 Å². The molecule has 0 saturated carbocycles. The molecule has 3 rings (SSSR count). The first-order valence-electron chi connectivity index (χ1n) is 8.73. The molecule has 0 radical (unpaired) electrons. The van der Waals surface area contributed by atoms with E-state index in [1.165, 1.54) is 31.1 Å². The average molecular weight is 419 g/mol. The zero-order valence-electron chi connectivity index (χ0n) is 15.7. The summed E-state index contributed by atoms with van der Waals surface area (Å²) in [4.78, 5) is 16.2. The summed E-state index contributed by atoms with van der Waals surface area (Å²) in [6.45, 7) is 0.987. The number of sulfonamides is 1. The van der Waals surface area contributed by atoms with Crippen LogP contribution in [-0.2, 0) is 23.0 Å². The fourth-order valence-corrected chi connectivity index (χ4v) is 4.32. The van der Waals surface area contributed by atoms with E-state index in [2.05, 4.69) is 0 Å². The standard InChI is InChI=1S/C20H22N2O4S2/c1-21(2)28(24,25)19-7-5-17(6-8-19)20(23)22(14-16-10-12-26-15-16)11-9-18-4-3-13-27-18/h3-8,10,12-13,15H,9,11,14H2,1-2H3. The average Bonchev–Trinajstić information content (AvgIpc) is 3.38. The molecule has 3 aromatic rings. The molecule has 0 N–H and O–H groups in total. The number of carbonyl (C=O) groups is 1. The second-order valence-electron chi connectivity index (χ2n) is 6.50. The Morgan fingerprint density at radius 1 is 1.11 bits per heavy atom. The molecule has 0 unspecified atom stereocenters. The second kappa shape index (κ2) is 8.72. The van der Waals surface area contributed by atoms with Crippen molar-refractivity contribution in [1.29, 1.82) is 0 Å². The number of furan rings is 1. The lowest BCUT2D eigenvalue weighted by molar-refractivity contribution is 0.0745. The minimum atomic E-state index is -3.52. The molecule has 0 bridgehead atoms. The van der Waals surface area contributed by atoms with E-state index < -0.39 is 10.0 Å². The van der Waals surface area contributed by atoms with E-state index in [1.807, 2.05) is 23.6 Å². The van der Waals surface area contributed by atoms with Crippen molar-refractivity contribution in [2.24, 2.45) is 0 Å². The largest absolute Gasteiger partial charge is 0.472 e. The molecule has 28 heavy (non-hydrogen) atoms. The van der Waals surface area contributed by atoms with Gasteiger partial charge in [-0.05, 0) is 48.2 Å². The van der Waals surface area contributed by atoms with Gasteiger partial charge in [-0.25, -0.2) is 12.7 Å². The van der Waals surface area contributed by atoms with Gasteiger partial charge in [-0.1, -0.05) is 6.07 Å². The fourth-order valence-electron chi connectivity index (χ4n) is 2.72. The van der Waals surface area contributed by atoms with E-state index >= 15 is 0 Å². The predicted octanol–water partition coefficient (Wildman–Crippen LogP) is 3.48. The molecule has 0 atom stereocenters. The zero-order chi connectivity index (χ0) is 20.1. The molecule has 1 aromatic carbocycles. The highest BCUT2D eigenvalue weighted by atomic mass is 32.2. The maximum absolute atomic E-state index is 13.1.